The Bertz CT molecular complexity index is 2020. The highest BCUT2D eigenvalue weighted by Crippen LogP contribution is 2.39. The Morgan fingerprint density at radius 2 is 1.00 bits per heavy atom. The van der Waals surface area contributed by atoms with Gasteiger partial charge in [0.1, 0.15) is 5.56 Å². The Kier molecular flexibility index (Phi) is 28.1. The number of carbonyl (C=O) groups excluding carboxylic acids is 1. The van der Waals surface area contributed by atoms with Crippen LogP contribution in [0.1, 0.15) is 198 Å². The second-order valence-electron chi connectivity index (χ2n) is 17.5. The Balaban J connectivity index is 1.93. The molecule has 0 saturated heterocycles. The van der Waals surface area contributed by atoms with E-state index in [-0.39, 0.29) is 11.3 Å². The molecule has 0 spiro atoms. The molecular weight excluding hydrogens is 833 g/mol. The second kappa shape index (κ2) is 33.5. The number of allylic oxidation sites excluding steroid dienone is 1. The molecule has 0 radical (unpaired) electrons. The van der Waals surface area contributed by atoms with Gasteiger partial charge in [0, 0.05) is 50.3 Å². The van der Waals surface area contributed by atoms with Crippen LogP contribution in [0.15, 0.2) is 57.2 Å². The number of nitrogens with one attached hydrogen (secondary N) is 1. The number of aliphatic imine (C=N–C) groups is 1. The third-order valence-corrected chi connectivity index (χ3v) is 11.8. The van der Waals surface area contributed by atoms with Gasteiger partial charge in [-0.1, -0.05) is 156 Å². The summed E-state index contributed by atoms with van der Waals surface area (Å²) in [5.41, 5.74) is -0.197. The number of aromatic hydroxyl groups is 1. The van der Waals surface area contributed by atoms with Crippen molar-refractivity contribution in [2.24, 2.45) is 19.1 Å². The van der Waals surface area contributed by atoms with E-state index in [2.05, 4.69) is 38.0 Å². The number of carbonyl (C=O) groups is 1. The molecular formula is C54H84N4O8. The van der Waals surface area contributed by atoms with Gasteiger partial charge in [0.25, 0.3) is 5.56 Å². The van der Waals surface area contributed by atoms with Gasteiger partial charge in [-0.25, -0.2) is 4.79 Å². The summed E-state index contributed by atoms with van der Waals surface area (Å²) in [5, 5.41) is 14.0. The fraction of sp³-hybridized carbons (Fsp3) is 0.630. The molecule has 1 aromatic heterocycles. The average Bonchev–Trinajstić information content (AvgIpc) is 3.32. The van der Waals surface area contributed by atoms with Gasteiger partial charge in [-0.05, 0) is 43.9 Å². The van der Waals surface area contributed by atoms with E-state index in [1.54, 1.807) is 30.5 Å². The van der Waals surface area contributed by atoms with Gasteiger partial charge in [0.05, 0.1) is 37.8 Å². The van der Waals surface area contributed by atoms with Crippen molar-refractivity contribution in [3.05, 3.63) is 74.6 Å². The summed E-state index contributed by atoms with van der Waals surface area (Å²) in [6.07, 6.45) is 31.5. The van der Waals surface area contributed by atoms with Crippen molar-refractivity contribution in [3.8, 4) is 28.9 Å². The predicted molar refractivity (Wildman–Crippen MR) is 271 cm³/mol. The van der Waals surface area contributed by atoms with E-state index in [9.17, 15) is 19.5 Å². The predicted octanol–water partition coefficient (Wildman–Crippen LogP) is 13.3. The molecule has 0 unspecified atom stereocenters. The van der Waals surface area contributed by atoms with E-state index >= 15 is 0 Å². The van der Waals surface area contributed by atoms with Gasteiger partial charge in [-0.15, -0.1) is 0 Å². The van der Waals surface area contributed by atoms with Crippen LogP contribution in [0.3, 0.4) is 0 Å². The number of rotatable bonds is 38. The number of aromatic nitrogens is 2. The minimum Gasteiger partial charge on any atom is -0.494 e. The molecule has 0 aliphatic rings. The van der Waals surface area contributed by atoms with Crippen molar-refractivity contribution in [3.63, 3.8) is 0 Å². The highest BCUT2D eigenvalue weighted by molar-refractivity contribution is 6.05. The van der Waals surface area contributed by atoms with Crippen LogP contribution in [0.5, 0.6) is 28.9 Å². The van der Waals surface area contributed by atoms with E-state index in [4.69, 9.17) is 18.9 Å². The van der Waals surface area contributed by atoms with E-state index in [1.165, 1.54) is 116 Å². The fourth-order valence-electron chi connectivity index (χ4n) is 7.56. The standard InChI is InChI=1S/C54H84N4O8/c1-7-11-15-19-23-27-35-63-48-32-31-43(39-49(48)64-36-28-24-20-16-12-8-2)47(59)33-34-55-45-40-50(65-37-29-25-21-17-13-9-3)51(66-38-30-26-22-18-14-10-4)41-46(45)56-42-44-52(60)57(5)54(62)58(6)53(44)61/h31-34,39-42,55,60H,7-30,35-38H2,1-6H3/b34-33-,56-42?. The maximum absolute atomic E-state index is 13.8. The lowest BCUT2D eigenvalue weighted by Gasteiger charge is -2.16. The molecule has 0 aliphatic carbocycles. The largest absolute Gasteiger partial charge is 0.494 e. The summed E-state index contributed by atoms with van der Waals surface area (Å²) >= 11 is 0. The van der Waals surface area contributed by atoms with Crippen molar-refractivity contribution in [2.75, 3.05) is 31.7 Å². The molecule has 3 rings (SSSR count). The molecule has 0 saturated carbocycles. The molecule has 368 valence electrons. The molecule has 2 aromatic carbocycles. The third kappa shape index (κ3) is 20.3. The lowest BCUT2D eigenvalue weighted by atomic mass is 10.1. The summed E-state index contributed by atoms with van der Waals surface area (Å²) in [5.74, 6) is 1.49. The average molecular weight is 917 g/mol. The minimum atomic E-state index is -0.688. The number of unbranched alkanes of at least 4 members (excludes halogenated alkanes) is 20. The van der Waals surface area contributed by atoms with Crippen LogP contribution < -0.4 is 35.5 Å². The smallest absolute Gasteiger partial charge is 0.333 e. The van der Waals surface area contributed by atoms with Crippen LogP contribution in [0.25, 0.3) is 0 Å². The number of nitrogens with zero attached hydrogens (tertiary/aromatic N) is 3. The van der Waals surface area contributed by atoms with E-state index in [0.717, 1.165) is 73.3 Å². The molecule has 0 fully saturated rings. The topological polar surface area (TPSA) is 143 Å². The van der Waals surface area contributed by atoms with Crippen molar-refractivity contribution in [1.82, 2.24) is 9.13 Å². The van der Waals surface area contributed by atoms with Crippen LogP contribution in [-0.4, -0.2) is 52.7 Å². The monoisotopic (exact) mass is 917 g/mol. The highest BCUT2D eigenvalue weighted by Gasteiger charge is 2.17. The lowest BCUT2D eigenvalue weighted by molar-refractivity contribution is 0.104. The van der Waals surface area contributed by atoms with E-state index < -0.39 is 17.1 Å². The van der Waals surface area contributed by atoms with Crippen molar-refractivity contribution in [2.45, 2.75) is 182 Å². The summed E-state index contributed by atoms with van der Waals surface area (Å²) in [6, 6.07) is 8.88. The first-order valence-corrected chi connectivity index (χ1v) is 25.5. The van der Waals surface area contributed by atoms with Crippen molar-refractivity contribution in [1.29, 1.82) is 0 Å². The Labute approximate surface area is 396 Å². The lowest BCUT2D eigenvalue weighted by Crippen LogP contribution is -2.38. The van der Waals surface area contributed by atoms with Crippen LogP contribution >= 0.6 is 0 Å². The van der Waals surface area contributed by atoms with E-state index in [1.807, 2.05) is 6.07 Å². The molecule has 0 aliphatic heterocycles. The second-order valence-corrected chi connectivity index (χ2v) is 17.5. The molecule has 0 amide bonds. The first-order valence-electron chi connectivity index (χ1n) is 25.5. The summed E-state index contributed by atoms with van der Waals surface area (Å²) in [7, 11) is 2.73. The van der Waals surface area contributed by atoms with E-state index in [0.29, 0.717) is 66.4 Å². The normalized spacial score (nSPS) is 11.5. The summed E-state index contributed by atoms with van der Waals surface area (Å²) in [4.78, 5) is 44.0. The minimum absolute atomic E-state index is 0.150. The van der Waals surface area contributed by atoms with Crippen LogP contribution in [0.4, 0.5) is 11.4 Å². The Hall–Kier alpha value is -5.00. The first-order chi connectivity index (χ1) is 32.2. The SMILES string of the molecule is CCCCCCCCOc1ccc(C(=O)/C=C\Nc2cc(OCCCCCCCC)c(OCCCCCCCC)cc2N=Cc2c(O)n(C)c(=O)n(C)c2=O)cc1OCCCCCCCC. The third-order valence-electron chi connectivity index (χ3n) is 11.8. The Morgan fingerprint density at radius 3 is 1.48 bits per heavy atom. The quantitative estimate of drug-likeness (QED) is 0.0248. The number of ether oxygens (including phenoxy) is 4. The first kappa shape index (κ1) is 55.3. The molecule has 0 atom stereocenters. The van der Waals surface area contributed by atoms with Gasteiger partial charge in [-0.3, -0.25) is 23.7 Å². The number of hydrogen-bond donors (Lipinski definition) is 2. The van der Waals surface area contributed by atoms with Crippen LogP contribution in [-0.2, 0) is 14.1 Å². The number of benzene rings is 2. The number of ketones is 1. The molecule has 1 heterocycles. The summed E-state index contributed by atoms with van der Waals surface area (Å²) in [6.45, 7) is 11.0. The van der Waals surface area contributed by atoms with Crippen LogP contribution in [0.2, 0.25) is 0 Å². The number of anilines is 1. The van der Waals surface area contributed by atoms with Gasteiger partial charge < -0.3 is 29.4 Å². The molecule has 2 N–H and O–H groups in total. The zero-order chi connectivity index (χ0) is 47.8. The molecule has 66 heavy (non-hydrogen) atoms. The van der Waals surface area contributed by atoms with Gasteiger partial charge in [0.2, 0.25) is 5.88 Å². The molecule has 0 bridgehead atoms. The molecule has 3 aromatic rings. The zero-order valence-electron chi connectivity index (χ0n) is 41.6. The van der Waals surface area contributed by atoms with Gasteiger partial charge >= 0.3 is 5.69 Å². The van der Waals surface area contributed by atoms with Gasteiger partial charge in [0.15, 0.2) is 28.8 Å². The molecule has 12 nitrogen and oxygen atoms in total. The zero-order valence-corrected chi connectivity index (χ0v) is 41.6. The Morgan fingerprint density at radius 1 is 0.576 bits per heavy atom. The maximum Gasteiger partial charge on any atom is 0.333 e. The maximum atomic E-state index is 13.8. The van der Waals surface area contributed by atoms with Crippen LogP contribution in [0, 0.1) is 0 Å². The summed E-state index contributed by atoms with van der Waals surface area (Å²) < 4.78 is 27.1. The fourth-order valence-corrected chi connectivity index (χ4v) is 7.56. The van der Waals surface area contributed by atoms with Crippen molar-refractivity contribution >= 4 is 23.4 Å². The molecule has 12 heteroatoms. The number of hydrogen-bond acceptors (Lipinski definition) is 10. The van der Waals surface area contributed by atoms with Gasteiger partial charge in [-0.2, -0.15) is 0 Å². The highest BCUT2D eigenvalue weighted by atomic mass is 16.5. The van der Waals surface area contributed by atoms with Crippen molar-refractivity contribution < 1.29 is 28.8 Å².